The Morgan fingerprint density at radius 1 is 1.33 bits per heavy atom. The van der Waals surface area contributed by atoms with Gasteiger partial charge in [0.1, 0.15) is 0 Å². The van der Waals surface area contributed by atoms with Gasteiger partial charge in [0.25, 0.3) is 0 Å². The summed E-state index contributed by atoms with van der Waals surface area (Å²) in [5.41, 5.74) is 0.680. The minimum atomic E-state index is -0.208. The van der Waals surface area contributed by atoms with E-state index in [2.05, 4.69) is 20.9 Å². The molecule has 1 fully saturated rings. The highest BCUT2D eigenvalue weighted by atomic mass is 32.1. The summed E-state index contributed by atoms with van der Waals surface area (Å²) in [6.07, 6.45) is 5.96. The Morgan fingerprint density at radius 3 is 2.81 bits per heavy atom. The van der Waals surface area contributed by atoms with Crippen LogP contribution in [0.15, 0.2) is 5.38 Å². The first-order chi connectivity index (χ1) is 10.2. The SMILES string of the molecule is CCNC(=O)Cc1csc(NC(=O)NC2CCCCC2)n1. The van der Waals surface area contributed by atoms with E-state index in [1.54, 1.807) is 5.38 Å². The number of nitrogens with zero attached hydrogens (tertiary/aromatic N) is 1. The van der Waals surface area contributed by atoms with Crippen molar-refractivity contribution in [1.29, 1.82) is 0 Å². The highest BCUT2D eigenvalue weighted by Gasteiger charge is 2.16. The van der Waals surface area contributed by atoms with E-state index in [9.17, 15) is 9.59 Å². The molecule has 1 saturated carbocycles. The number of likely N-dealkylation sites (N-methyl/N-ethyl adjacent to an activating group) is 1. The van der Waals surface area contributed by atoms with Crippen LogP contribution in [0.2, 0.25) is 0 Å². The van der Waals surface area contributed by atoms with Crippen molar-refractivity contribution in [3.63, 3.8) is 0 Å². The van der Waals surface area contributed by atoms with E-state index < -0.39 is 0 Å². The first kappa shape index (κ1) is 15.8. The number of amides is 3. The number of carbonyl (C=O) groups is 2. The first-order valence-corrected chi connectivity index (χ1v) is 8.34. The Bertz CT molecular complexity index is 483. The summed E-state index contributed by atoms with van der Waals surface area (Å²) in [6, 6.07) is 0.0642. The van der Waals surface area contributed by atoms with Gasteiger partial charge in [0, 0.05) is 18.0 Å². The summed E-state index contributed by atoms with van der Waals surface area (Å²) in [7, 11) is 0. The Balaban J connectivity index is 1.78. The fraction of sp³-hybridized carbons (Fsp3) is 0.643. The highest BCUT2D eigenvalue weighted by molar-refractivity contribution is 7.13. The summed E-state index contributed by atoms with van der Waals surface area (Å²) >= 11 is 1.34. The average Bonchev–Trinajstić information content (AvgIpc) is 2.87. The molecule has 0 spiro atoms. The molecule has 2 rings (SSSR count). The number of rotatable bonds is 5. The molecular formula is C14H22N4O2S. The van der Waals surface area contributed by atoms with Crippen LogP contribution in [0.1, 0.15) is 44.7 Å². The minimum absolute atomic E-state index is 0.0546. The van der Waals surface area contributed by atoms with Gasteiger partial charge in [-0.15, -0.1) is 11.3 Å². The van der Waals surface area contributed by atoms with Gasteiger partial charge in [0.15, 0.2) is 5.13 Å². The second-order valence-corrected chi connectivity index (χ2v) is 6.07. The van der Waals surface area contributed by atoms with Crippen LogP contribution in [0.25, 0.3) is 0 Å². The Hall–Kier alpha value is -1.63. The lowest BCUT2D eigenvalue weighted by Gasteiger charge is -2.22. The zero-order valence-corrected chi connectivity index (χ0v) is 13.1. The largest absolute Gasteiger partial charge is 0.356 e. The fourth-order valence-corrected chi connectivity index (χ4v) is 3.14. The standard InChI is InChI=1S/C14H22N4O2S/c1-2-15-12(19)8-11-9-21-14(17-11)18-13(20)16-10-6-4-3-5-7-10/h9-10H,2-8H2,1H3,(H,15,19)(H2,16,17,18,20). The summed E-state index contributed by atoms with van der Waals surface area (Å²) in [5, 5.41) is 10.8. The van der Waals surface area contributed by atoms with Crippen LogP contribution < -0.4 is 16.0 Å². The molecule has 1 aliphatic carbocycles. The van der Waals surface area contributed by atoms with Gasteiger partial charge in [0.05, 0.1) is 12.1 Å². The molecule has 7 heteroatoms. The molecule has 1 heterocycles. The molecule has 0 aliphatic heterocycles. The van der Waals surface area contributed by atoms with Gasteiger partial charge in [-0.05, 0) is 19.8 Å². The molecule has 1 aromatic rings. The number of nitrogens with one attached hydrogen (secondary N) is 3. The molecule has 21 heavy (non-hydrogen) atoms. The predicted octanol–water partition coefficient (Wildman–Crippen LogP) is 2.28. The van der Waals surface area contributed by atoms with Crippen molar-refractivity contribution in [2.75, 3.05) is 11.9 Å². The lowest BCUT2D eigenvalue weighted by Crippen LogP contribution is -2.39. The molecule has 1 aliphatic rings. The Morgan fingerprint density at radius 2 is 2.10 bits per heavy atom. The van der Waals surface area contributed by atoms with Gasteiger partial charge in [-0.2, -0.15) is 0 Å². The van der Waals surface area contributed by atoms with Crippen LogP contribution in [0.5, 0.6) is 0 Å². The maximum absolute atomic E-state index is 11.9. The molecule has 0 radical (unpaired) electrons. The van der Waals surface area contributed by atoms with Crippen LogP contribution in [0.3, 0.4) is 0 Å². The number of aromatic nitrogens is 1. The summed E-state index contributed by atoms with van der Waals surface area (Å²) < 4.78 is 0. The highest BCUT2D eigenvalue weighted by Crippen LogP contribution is 2.18. The Labute approximate surface area is 128 Å². The summed E-state index contributed by atoms with van der Waals surface area (Å²) in [5.74, 6) is -0.0546. The third kappa shape index (κ3) is 5.34. The summed E-state index contributed by atoms with van der Waals surface area (Å²) in [4.78, 5) is 27.6. The second kappa shape index (κ2) is 7.97. The van der Waals surface area contributed by atoms with Crippen molar-refractivity contribution >= 4 is 28.4 Å². The fourth-order valence-electron chi connectivity index (χ4n) is 2.44. The zero-order valence-electron chi connectivity index (χ0n) is 12.3. The number of thiazole rings is 1. The van der Waals surface area contributed by atoms with Gasteiger partial charge in [-0.1, -0.05) is 19.3 Å². The smallest absolute Gasteiger partial charge is 0.321 e. The molecule has 6 nitrogen and oxygen atoms in total. The van der Waals surface area contributed by atoms with Gasteiger partial charge >= 0.3 is 6.03 Å². The predicted molar refractivity (Wildman–Crippen MR) is 83.5 cm³/mol. The monoisotopic (exact) mass is 310 g/mol. The Kier molecular flexibility index (Phi) is 5.98. The van der Waals surface area contributed by atoms with E-state index in [-0.39, 0.29) is 24.4 Å². The van der Waals surface area contributed by atoms with Crippen molar-refractivity contribution in [2.45, 2.75) is 51.5 Å². The van der Waals surface area contributed by atoms with Gasteiger partial charge in [0.2, 0.25) is 5.91 Å². The van der Waals surface area contributed by atoms with Crippen LogP contribution >= 0.6 is 11.3 Å². The molecule has 0 aromatic carbocycles. The van der Waals surface area contributed by atoms with E-state index in [4.69, 9.17) is 0 Å². The van der Waals surface area contributed by atoms with Gasteiger partial charge in [-0.25, -0.2) is 9.78 Å². The van der Waals surface area contributed by atoms with Crippen molar-refractivity contribution in [3.05, 3.63) is 11.1 Å². The summed E-state index contributed by atoms with van der Waals surface area (Å²) in [6.45, 7) is 2.49. The average molecular weight is 310 g/mol. The number of carbonyl (C=O) groups excluding carboxylic acids is 2. The van der Waals surface area contributed by atoms with Gasteiger partial charge < -0.3 is 10.6 Å². The van der Waals surface area contributed by atoms with Crippen LogP contribution in [-0.4, -0.2) is 29.5 Å². The minimum Gasteiger partial charge on any atom is -0.356 e. The lowest BCUT2D eigenvalue weighted by molar-refractivity contribution is -0.120. The molecule has 1 aromatic heterocycles. The maximum Gasteiger partial charge on any atom is 0.321 e. The molecule has 0 bridgehead atoms. The van der Waals surface area contributed by atoms with E-state index in [0.29, 0.717) is 17.4 Å². The number of hydrogen-bond donors (Lipinski definition) is 3. The molecule has 0 unspecified atom stereocenters. The number of hydrogen-bond acceptors (Lipinski definition) is 4. The van der Waals surface area contributed by atoms with E-state index in [0.717, 1.165) is 12.8 Å². The zero-order chi connectivity index (χ0) is 15.1. The molecule has 0 atom stereocenters. The quantitative estimate of drug-likeness (QED) is 0.780. The van der Waals surface area contributed by atoms with E-state index in [1.807, 2.05) is 6.92 Å². The molecule has 116 valence electrons. The molecule has 3 amide bonds. The molecule has 0 saturated heterocycles. The third-order valence-electron chi connectivity index (χ3n) is 3.43. The normalized spacial score (nSPS) is 15.5. The van der Waals surface area contributed by atoms with Crippen LogP contribution in [-0.2, 0) is 11.2 Å². The van der Waals surface area contributed by atoms with Crippen molar-refractivity contribution in [3.8, 4) is 0 Å². The topological polar surface area (TPSA) is 83.1 Å². The first-order valence-electron chi connectivity index (χ1n) is 7.46. The number of urea groups is 1. The maximum atomic E-state index is 11.9. The van der Waals surface area contributed by atoms with Crippen LogP contribution in [0.4, 0.5) is 9.93 Å². The lowest BCUT2D eigenvalue weighted by atomic mass is 9.96. The van der Waals surface area contributed by atoms with Gasteiger partial charge in [-0.3, -0.25) is 10.1 Å². The molecular weight excluding hydrogens is 288 g/mol. The second-order valence-electron chi connectivity index (χ2n) is 5.21. The van der Waals surface area contributed by atoms with Crippen LogP contribution in [0, 0.1) is 0 Å². The van der Waals surface area contributed by atoms with E-state index >= 15 is 0 Å². The van der Waals surface area contributed by atoms with Crippen molar-refractivity contribution < 1.29 is 9.59 Å². The molecule has 3 N–H and O–H groups in total. The van der Waals surface area contributed by atoms with Crippen molar-refractivity contribution in [2.24, 2.45) is 0 Å². The number of anilines is 1. The van der Waals surface area contributed by atoms with E-state index in [1.165, 1.54) is 30.6 Å². The van der Waals surface area contributed by atoms with Crippen molar-refractivity contribution in [1.82, 2.24) is 15.6 Å². The third-order valence-corrected chi connectivity index (χ3v) is 4.23.